The SMILES string of the molecule is C[n+]1cn(-c2cc(Oc3ccc4c5ccccc5n(-c5cc(C(C)(C)C)ccn5)c4c3)cc(C(C)(C)C)c2)cc1-c1ccc(-c2ccccc2)cc1.F[P-](F)(F)(F)(F)F. The van der Waals surface area contributed by atoms with Gasteiger partial charge in [0.05, 0.1) is 18.1 Å². The predicted molar refractivity (Wildman–Crippen MR) is 227 cm³/mol. The molecule has 3 aromatic heterocycles. The average Bonchev–Trinajstić information content (AvgIpc) is 3.71. The van der Waals surface area contributed by atoms with Crippen LogP contribution in [-0.4, -0.2) is 14.1 Å². The fraction of sp³-hybridized carbons (Fsp3) is 0.191. The van der Waals surface area contributed by atoms with Gasteiger partial charge in [-0.2, -0.15) is 0 Å². The molecule has 59 heavy (non-hydrogen) atoms. The predicted octanol–water partition coefficient (Wildman–Crippen LogP) is 14.9. The summed E-state index contributed by atoms with van der Waals surface area (Å²) in [6.07, 6.45) is 6.25. The summed E-state index contributed by atoms with van der Waals surface area (Å²) in [7, 11) is -8.56. The van der Waals surface area contributed by atoms with Crippen LogP contribution in [0.1, 0.15) is 52.7 Å². The van der Waals surface area contributed by atoms with Crippen molar-refractivity contribution in [3.05, 3.63) is 157 Å². The number of benzene rings is 5. The number of rotatable bonds is 6. The van der Waals surface area contributed by atoms with Gasteiger partial charge in [-0.25, -0.2) is 14.1 Å². The number of hydrogen-bond acceptors (Lipinski definition) is 2. The third-order valence-corrected chi connectivity index (χ3v) is 10.0. The van der Waals surface area contributed by atoms with Gasteiger partial charge < -0.3 is 4.74 Å². The van der Waals surface area contributed by atoms with E-state index in [4.69, 9.17) is 9.72 Å². The van der Waals surface area contributed by atoms with Crippen LogP contribution in [-0.2, 0) is 17.9 Å². The maximum absolute atomic E-state index is 10.7. The standard InChI is InChI=1S/C47H45N4O.F6P/c1-46(2,3)35-23-24-48-45(27-35)51-42-16-12-11-15-40(42)41-22-21-38(29-43(41)51)52-39-26-36(47(4,5)6)25-37(28-39)50-30-44(49(7)31-50)34-19-17-33(18-20-34)32-13-9-8-10-14-32;1-7(2,3,4,5)6/h8-31H,1-7H3;/q+1;-1. The van der Waals surface area contributed by atoms with Crippen molar-refractivity contribution in [2.75, 3.05) is 0 Å². The topological polar surface area (TPSA) is 35.9 Å². The first-order valence-electron chi connectivity index (χ1n) is 19.0. The van der Waals surface area contributed by atoms with E-state index in [2.05, 4.69) is 202 Å². The Morgan fingerprint density at radius 3 is 1.83 bits per heavy atom. The van der Waals surface area contributed by atoms with E-state index in [1.807, 2.05) is 6.20 Å². The number of pyridine rings is 1. The van der Waals surface area contributed by atoms with Gasteiger partial charge >= 0.3 is 33.0 Å². The van der Waals surface area contributed by atoms with E-state index in [1.165, 1.54) is 33.0 Å². The van der Waals surface area contributed by atoms with Crippen LogP contribution in [0.4, 0.5) is 25.2 Å². The molecule has 12 heteroatoms. The zero-order chi connectivity index (χ0) is 42.6. The Hall–Kier alpha value is -5.93. The van der Waals surface area contributed by atoms with Crippen LogP contribution in [0, 0.1) is 0 Å². The molecule has 0 spiro atoms. The Kier molecular flexibility index (Phi) is 9.87. The monoisotopic (exact) mass is 826 g/mol. The third-order valence-electron chi connectivity index (χ3n) is 10.0. The zero-order valence-electron chi connectivity index (χ0n) is 33.8. The third kappa shape index (κ3) is 10.0. The summed E-state index contributed by atoms with van der Waals surface area (Å²) in [5.41, 5.74) is 10.3. The number of ether oxygens (including phenoxy) is 1. The molecule has 306 valence electrons. The quantitative estimate of drug-likeness (QED) is 0.0951. The molecular formula is C47H45F6N4OP. The normalized spacial score (nSPS) is 13.4. The van der Waals surface area contributed by atoms with E-state index >= 15 is 0 Å². The fourth-order valence-electron chi connectivity index (χ4n) is 7.02. The number of hydrogen-bond donors (Lipinski definition) is 0. The van der Waals surface area contributed by atoms with Crippen molar-refractivity contribution in [2.24, 2.45) is 7.05 Å². The number of halogens is 6. The van der Waals surface area contributed by atoms with Crippen LogP contribution in [0.3, 0.4) is 0 Å². The van der Waals surface area contributed by atoms with Crippen LogP contribution < -0.4 is 9.30 Å². The Morgan fingerprint density at radius 1 is 0.576 bits per heavy atom. The zero-order valence-corrected chi connectivity index (χ0v) is 34.7. The second-order valence-corrected chi connectivity index (χ2v) is 18.7. The molecule has 8 rings (SSSR count). The molecule has 0 aliphatic carbocycles. The first kappa shape index (κ1) is 41.2. The Labute approximate surface area is 339 Å². The van der Waals surface area contributed by atoms with Crippen molar-refractivity contribution < 1.29 is 34.5 Å². The molecule has 0 atom stereocenters. The van der Waals surface area contributed by atoms with Crippen LogP contribution in [0.2, 0.25) is 0 Å². The number of imidazole rings is 1. The summed E-state index contributed by atoms with van der Waals surface area (Å²) in [5, 5.41) is 2.36. The van der Waals surface area contributed by atoms with E-state index in [1.54, 1.807) is 0 Å². The number of aromatic nitrogens is 4. The number of aryl methyl sites for hydroxylation is 1. The maximum atomic E-state index is 9.87. The van der Waals surface area contributed by atoms with Crippen molar-refractivity contribution in [1.82, 2.24) is 14.1 Å². The van der Waals surface area contributed by atoms with Gasteiger partial charge in [-0.15, -0.1) is 0 Å². The second kappa shape index (κ2) is 14.1. The van der Waals surface area contributed by atoms with Crippen LogP contribution in [0.15, 0.2) is 146 Å². The van der Waals surface area contributed by atoms with Crippen LogP contribution in [0.5, 0.6) is 11.5 Å². The molecule has 0 saturated heterocycles. The summed E-state index contributed by atoms with van der Waals surface area (Å²) in [6, 6.07) is 45.1. The van der Waals surface area contributed by atoms with Crippen LogP contribution in [0.25, 0.3) is 55.7 Å². The van der Waals surface area contributed by atoms with Gasteiger partial charge in [0.1, 0.15) is 29.2 Å². The van der Waals surface area contributed by atoms with Crippen molar-refractivity contribution in [2.45, 2.75) is 52.4 Å². The van der Waals surface area contributed by atoms with Gasteiger partial charge in [0.25, 0.3) is 0 Å². The molecule has 0 saturated carbocycles. The van der Waals surface area contributed by atoms with E-state index in [0.29, 0.717) is 0 Å². The van der Waals surface area contributed by atoms with Crippen LogP contribution >= 0.6 is 7.81 Å². The second-order valence-electron chi connectivity index (χ2n) is 16.8. The van der Waals surface area contributed by atoms with Crippen molar-refractivity contribution in [3.63, 3.8) is 0 Å². The molecule has 0 fully saturated rings. The van der Waals surface area contributed by atoms with Crippen molar-refractivity contribution >= 4 is 29.6 Å². The number of fused-ring (bicyclic) bond motifs is 3. The first-order valence-corrected chi connectivity index (χ1v) is 21.0. The molecule has 0 unspecified atom stereocenters. The molecule has 5 nitrogen and oxygen atoms in total. The minimum atomic E-state index is -10.7. The molecule has 0 radical (unpaired) electrons. The summed E-state index contributed by atoms with van der Waals surface area (Å²) >= 11 is 0. The Balaban J connectivity index is 0.000000694. The van der Waals surface area contributed by atoms with E-state index < -0.39 is 7.81 Å². The van der Waals surface area contributed by atoms with Crippen molar-refractivity contribution in [3.8, 4) is 45.4 Å². The van der Waals surface area contributed by atoms with Crippen molar-refractivity contribution in [1.29, 1.82) is 0 Å². The average molecular weight is 827 g/mol. The molecular weight excluding hydrogens is 782 g/mol. The fourth-order valence-corrected chi connectivity index (χ4v) is 7.02. The van der Waals surface area contributed by atoms with E-state index in [9.17, 15) is 25.2 Å². The van der Waals surface area contributed by atoms with Gasteiger partial charge in [-0.3, -0.25) is 4.57 Å². The summed E-state index contributed by atoms with van der Waals surface area (Å²) < 4.78 is 72.6. The van der Waals surface area contributed by atoms with E-state index in [0.717, 1.165) is 45.3 Å². The van der Waals surface area contributed by atoms with Gasteiger partial charge in [-0.05, 0) is 87.7 Å². The molecule has 3 heterocycles. The summed E-state index contributed by atoms with van der Waals surface area (Å²) in [6.45, 7) is 13.4. The van der Waals surface area contributed by atoms with Gasteiger partial charge in [0, 0.05) is 34.7 Å². The summed E-state index contributed by atoms with van der Waals surface area (Å²) in [5.74, 6) is 2.47. The Bertz CT molecular complexity index is 2810. The molecule has 0 aliphatic rings. The minimum absolute atomic E-state index is 0.00498. The molecule has 8 aromatic rings. The van der Waals surface area contributed by atoms with Gasteiger partial charge in [-0.1, -0.05) is 102 Å². The molecule has 0 N–H and O–H groups in total. The molecule has 0 bridgehead atoms. The Morgan fingerprint density at radius 2 is 1.17 bits per heavy atom. The van der Waals surface area contributed by atoms with Gasteiger partial charge in [0.2, 0.25) is 6.33 Å². The summed E-state index contributed by atoms with van der Waals surface area (Å²) in [4.78, 5) is 4.86. The van der Waals surface area contributed by atoms with E-state index in [-0.39, 0.29) is 10.8 Å². The van der Waals surface area contributed by atoms with Gasteiger partial charge in [0.15, 0.2) is 5.69 Å². The number of para-hydroxylation sites is 1. The number of nitrogens with zero attached hydrogens (tertiary/aromatic N) is 4. The first-order chi connectivity index (χ1) is 27.4. The molecule has 5 aromatic carbocycles. The molecule has 0 aliphatic heterocycles. The molecule has 0 amide bonds.